The van der Waals surface area contributed by atoms with Crippen LogP contribution in [-0.2, 0) is 20.8 Å². The summed E-state index contributed by atoms with van der Waals surface area (Å²) >= 11 is 0. The Balaban J connectivity index is 1.78. The van der Waals surface area contributed by atoms with Gasteiger partial charge >= 0.3 is 11.9 Å². The first-order valence-electron chi connectivity index (χ1n) is 8.59. The predicted molar refractivity (Wildman–Crippen MR) is 94.1 cm³/mol. The molecule has 2 rings (SSSR count). The number of aromatic hydroxyl groups is 1. The molecule has 11 heteroatoms. The van der Waals surface area contributed by atoms with E-state index in [0.717, 1.165) is 0 Å². The third kappa shape index (κ3) is 5.97. The number of aromatic nitrogens is 2. The second kappa shape index (κ2) is 9.01. The topological polar surface area (TPSA) is 188 Å². The van der Waals surface area contributed by atoms with Gasteiger partial charge in [-0.25, -0.2) is 4.79 Å². The molecule has 148 valence electrons. The molecule has 0 saturated carbocycles. The lowest BCUT2D eigenvalue weighted by atomic mass is 9.91. The molecule has 0 spiro atoms. The third-order valence-corrected chi connectivity index (χ3v) is 4.35. The first-order chi connectivity index (χ1) is 12.8. The van der Waals surface area contributed by atoms with Gasteiger partial charge in [-0.3, -0.25) is 9.59 Å². The minimum Gasteiger partial charge on any atom is -0.493 e. The molecule has 0 aliphatic carbocycles. The van der Waals surface area contributed by atoms with E-state index in [-0.39, 0.29) is 37.0 Å². The highest BCUT2D eigenvalue weighted by Gasteiger charge is 2.24. The highest BCUT2D eigenvalue weighted by atomic mass is 16.4. The highest BCUT2D eigenvalue weighted by molar-refractivity contribution is 5.83. The van der Waals surface area contributed by atoms with Gasteiger partial charge in [-0.05, 0) is 31.6 Å². The Hall–Kier alpha value is -3.11. The molecule has 27 heavy (non-hydrogen) atoms. The van der Waals surface area contributed by atoms with Gasteiger partial charge < -0.3 is 31.7 Å². The quantitative estimate of drug-likeness (QED) is 0.338. The number of carbonyl (C=O) groups excluding carboxylic acids is 1. The smallest absolute Gasteiger partial charge is 0.326 e. The largest absolute Gasteiger partial charge is 0.493 e. The summed E-state index contributed by atoms with van der Waals surface area (Å²) in [4.78, 5) is 41.3. The number of rotatable bonds is 9. The fourth-order valence-corrected chi connectivity index (χ4v) is 2.97. The SMILES string of the molecule is Nc1nc(O)c2c(n1)NC[C@@H](CCCC(=O)N[C@H](CCC(=O)O)C(=O)O)C2. The molecule has 1 aliphatic heterocycles. The summed E-state index contributed by atoms with van der Waals surface area (Å²) in [5.41, 5.74) is 6.08. The Morgan fingerprint density at radius 1 is 1.26 bits per heavy atom. The summed E-state index contributed by atoms with van der Waals surface area (Å²) in [7, 11) is 0. The van der Waals surface area contributed by atoms with E-state index in [0.29, 0.717) is 37.2 Å². The Bertz CT molecular complexity index is 725. The van der Waals surface area contributed by atoms with Gasteiger partial charge in [0.05, 0.1) is 5.56 Å². The van der Waals surface area contributed by atoms with Crippen molar-refractivity contribution in [3.63, 3.8) is 0 Å². The maximum absolute atomic E-state index is 11.9. The van der Waals surface area contributed by atoms with Crippen LogP contribution in [0.5, 0.6) is 5.88 Å². The molecule has 2 atom stereocenters. The lowest BCUT2D eigenvalue weighted by molar-refractivity contribution is -0.143. The van der Waals surface area contributed by atoms with Gasteiger partial charge in [-0.15, -0.1) is 0 Å². The molecule has 1 aliphatic rings. The first kappa shape index (κ1) is 20.2. The van der Waals surface area contributed by atoms with Crippen LogP contribution in [0.25, 0.3) is 0 Å². The molecule has 0 radical (unpaired) electrons. The van der Waals surface area contributed by atoms with Crippen molar-refractivity contribution < 1.29 is 29.7 Å². The zero-order valence-electron chi connectivity index (χ0n) is 14.6. The number of nitrogens with two attached hydrogens (primary N) is 1. The number of anilines is 2. The van der Waals surface area contributed by atoms with Gasteiger partial charge in [0.15, 0.2) is 0 Å². The average Bonchev–Trinajstić information content (AvgIpc) is 2.58. The second-order valence-corrected chi connectivity index (χ2v) is 6.47. The molecule has 0 fully saturated rings. The zero-order chi connectivity index (χ0) is 20.0. The molecule has 1 amide bonds. The summed E-state index contributed by atoms with van der Waals surface area (Å²) in [5.74, 6) is -2.31. The highest BCUT2D eigenvalue weighted by Crippen LogP contribution is 2.31. The first-order valence-corrected chi connectivity index (χ1v) is 8.59. The number of nitrogens with one attached hydrogen (secondary N) is 2. The molecular formula is C16H23N5O6. The lowest BCUT2D eigenvalue weighted by Gasteiger charge is -2.25. The molecule has 0 bridgehead atoms. The number of hydrogen-bond acceptors (Lipinski definition) is 8. The van der Waals surface area contributed by atoms with Crippen LogP contribution in [0.2, 0.25) is 0 Å². The number of carboxylic acid groups (broad SMARTS) is 2. The predicted octanol–water partition coefficient (Wildman–Crippen LogP) is -0.0469. The fraction of sp³-hybridized carbons (Fsp3) is 0.562. The van der Waals surface area contributed by atoms with E-state index in [1.165, 1.54) is 0 Å². The lowest BCUT2D eigenvalue weighted by Crippen LogP contribution is -2.41. The minimum atomic E-state index is -1.26. The summed E-state index contributed by atoms with van der Waals surface area (Å²) in [6.45, 7) is 0.612. The van der Waals surface area contributed by atoms with Gasteiger partial charge in [0.1, 0.15) is 11.9 Å². The summed E-state index contributed by atoms with van der Waals surface area (Å²) in [5, 5.41) is 33.0. The van der Waals surface area contributed by atoms with E-state index in [1.54, 1.807) is 0 Å². The van der Waals surface area contributed by atoms with E-state index < -0.39 is 23.9 Å². The maximum atomic E-state index is 11.9. The number of aliphatic carboxylic acids is 2. The number of carboxylic acids is 2. The number of amides is 1. The van der Waals surface area contributed by atoms with Crippen LogP contribution in [0, 0.1) is 5.92 Å². The monoisotopic (exact) mass is 381 g/mol. The van der Waals surface area contributed by atoms with Crippen LogP contribution >= 0.6 is 0 Å². The van der Waals surface area contributed by atoms with Gasteiger partial charge in [0.25, 0.3) is 0 Å². The van der Waals surface area contributed by atoms with E-state index in [4.69, 9.17) is 15.9 Å². The number of hydrogen-bond donors (Lipinski definition) is 6. The van der Waals surface area contributed by atoms with E-state index in [2.05, 4.69) is 20.6 Å². The van der Waals surface area contributed by atoms with Gasteiger partial charge in [0.2, 0.25) is 17.7 Å². The van der Waals surface area contributed by atoms with E-state index in [1.807, 2.05) is 0 Å². The normalized spacial score (nSPS) is 16.7. The summed E-state index contributed by atoms with van der Waals surface area (Å²) < 4.78 is 0. The molecule has 2 heterocycles. The van der Waals surface area contributed by atoms with Crippen molar-refractivity contribution in [2.24, 2.45) is 5.92 Å². The number of nitrogen functional groups attached to an aromatic ring is 1. The number of fused-ring (bicyclic) bond motifs is 1. The molecule has 0 aromatic carbocycles. The Morgan fingerprint density at radius 2 is 2.00 bits per heavy atom. The maximum Gasteiger partial charge on any atom is 0.326 e. The van der Waals surface area contributed by atoms with E-state index in [9.17, 15) is 19.5 Å². The van der Waals surface area contributed by atoms with Crippen LogP contribution < -0.4 is 16.4 Å². The van der Waals surface area contributed by atoms with Gasteiger partial charge in [0, 0.05) is 19.4 Å². The third-order valence-electron chi connectivity index (χ3n) is 4.35. The van der Waals surface area contributed by atoms with Crippen molar-refractivity contribution in [2.75, 3.05) is 17.6 Å². The number of carbonyl (C=O) groups is 3. The molecule has 11 nitrogen and oxygen atoms in total. The van der Waals surface area contributed by atoms with Crippen LogP contribution in [0.3, 0.4) is 0 Å². The van der Waals surface area contributed by atoms with Crippen molar-refractivity contribution in [3.8, 4) is 5.88 Å². The standard InChI is InChI=1S/C16H23N5O6/c17-16-20-13-9(14(25)21-16)6-8(7-18-13)2-1-3-11(22)19-10(15(26)27)4-5-12(23)24/h8,10H,1-7H2,(H,19,22)(H,23,24)(H,26,27)(H4,17,18,20,21,25)/t8-,10+/m0/s1. The molecule has 0 unspecified atom stereocenters. The average molecular weight is 381 g/mol. The Kier molecular flexibility index (Phi) is 6.74. The van der Waals surface area contributed by atoms with Crippen molar-refractivity contribution in [2.45, 2.75) is 44.6 Å². The van der Waals surface area contributed by atoms with Crippen LogP contribution in [0.1, 0.15) is 37.7 Å². The molecule has 1 aromatic rings. The van der Waals surface area contributed by atoms with Crippen LogP contribution in [0.4, 0.5) is 11.8 Å². The molecule has 7 N–H and O–H groups in total. The van der Waals surface area contributed by atoms with Crippen molar-refractivity contribution in [1.82, 2.24) is 15.3 Å². The van der Waals surface area contributed by atoms with Crippen LogP contribution in [-0.4, -0.2) is 55.7 Å². The van der Waals surface area contributed by atoms with Crippen LogP contribution in [0.15, 0.2) is 0 Å². The number of nitrogens with zero attached hydrogens (tertiary/aromatic N) is 2. The fourth-order valence-electron chi connectivity index (χ4n) is 2.97. The molecule has 1 aromatic heterocycles. The van der Waals surface area contributed by atoms with Crippen molar-refractivity contribution in [1.29, 1.82) is 0 Å². The van der Waals surface area contributed by atoms with Gasteiger partial charge in [-0.2, -0.15) is 9.97 Å². The summed E-state index contributed by atoms with van der Waals surface area (Å²) in [6.07, 6.45) is 1.38. The zero-order valence-corrected chi connectivity index (χ0v) is 14.6. The molecular weight excluding hydrogens is 358 g/mol. The van der Waals surface area contributed by atoms with E-state index >= 15 is 0 Å². The second-order valence-electron chi connectivity index (χ2n) is 6.47. The van der Waals surface area contributed by atoms with Crippen molar-refractivity contribution in [3.05, 3.63) is 5.56 Å². The minimum absolute atomic E-state index is 0.00949. The Morgan fingerprint density at radius 3 is 2.67 bits per heavy atom. The van der Waals surface area contributed by atoms with Gasteiger partial charge in [-0.1, -0.05) is 0 Å². The molecule has 0 saturated heterocycles. The Labute approximate surface area is 155 Å². The van der Waals surface area contributed by atoms with Crippen molar-refractivity contribution >= 4 is 29.6 Å². The summed E-state index contributed by atoms with van der Waals surface area (Å²) in [6, 6.07) is -1.21.